The average molecular weight is 467 g/mol. The van der Waals surface area contributed by atoms with Crippen LogP contribution in [-0.4, -0.2) is 41.7 Å². The van der Waals surface area contributed by atoms with E-state index in [1.54, 1.807) is 0 Å². The minimum absolute atomic E-state index is 0.0770. The van der Waals surface area contributed by atoms with Crippen molar-refractivity contribution >= 4 is 0 Å². The third-order valence-corrected chi connectivity index (χ3v) is 3.88. The summed E-state index contributed by atoms with van der Waals surface area (Å²) in [5.74, 6) is -45.8. The highest BCUT2D eigenvalue weighted by Gasteiger charge is 2.93. The van der Waals surface area contributed by atoms with E-state index in [2.05, 4.69) is 6.92 Å². The third kappa shape index (κ3) is 4.52. The van der Waals surface area contributed by atoms with Crippen molar-refractivity contribution in [2.75, 3.05) is 0 Å². The molecule has 0 nitrogen and oxygen atoms in total. The van der Waals surface area contributed by atoms with Crippen LogP contribution in [0.2, 0.25) is 0 Å². The average Bonchev–Trinajstić information content (AvgIpc) is 2.52. The van der Waals surface area contributed by atoms with Crippen LogP contribution in [0, 0.1) is 6.92 Å². The van der Waals surface area contributed by atoms with Gasteiger partial charge in [-0.05, 0) is 6.42 Å². The van der Waals surface area contributed by atoms with Crippen LogP contribution in [0.3, 0.4) is 0 Å². The van der Waals surface area contributed by atoms with Crippen LogP contribution >= 0.6 is 0 Å². The first-order valence-corrected chi connectivity index (χ1v) is 7.69. The Morgan fingerprint density at radius 1 is 0.414 bits per heavy atom. The zero-order valence-electron chi connectivity index (χ0n) is 14.1. The topological polar surface area (TPSA) is 0 Å². The van der Waals surface area contributed by atoms with E-state index in [9.17, 15) is 65.9 Å². The molecule has 0 amide bonds. The Morgan fingerprint density at radius 3 is 1.14 bits per heavy atom. The van der Waals surface area contributed by atoms with E-state index in [1.807, 2.05) is 0 Å². The molecule has 0 aromatic heterocycles. The molecule has 175 valence electrons. The van der Waals surface area contributed by atoms with Gasteiger partial charge in [0.05, 0.1) is 0 Å². The molecule has 0 spiro atoms. The largest absolute Gasteiger partial charge is 0.460 e. The lowest BCUT2D eigenvalue weighted by Crippen LogP contribution is -2.72. The van der Waals surface area contributed by atoms with Crippen LogP contribution in [0.1, 0.15) is 38.5 Å². The number of unbranched alkanes of at least 4 members (excludes halogenated alkanes) is 4. The Balaban J connectivity index is 5.97. The van der Waals surface area contributed by atoms with Crippen LogP contribution in [0.5, 0.6) is 0 Å². The van der Waals surface area contributed by atoms with Crippen LogP contribution in [0.25, 0.3) is 0 Å². The molecule has 29 heavy (non-hydrogen) atoms. The van der Waals surface area contributed by atoms with E-state index in [1.165, 1.54) is 0 Å². The van der Waals surface area contributed by atoms with Crippen molar-refractivity contribution in [2.24, 2.45) is 0 Å². The molecular weight excluding hydrogens is 453 g/mol. The fourth-order valence-corrected chi connectivity index (χ4v) is 2.03. The van der Waals surface area contributed by atoms with E-state index >= 15 is 0 Å². The van der Waals surface area contributed by atoms with Crippen molar-refractivity contribution in [2.45, 2.75) is 80.2 Å². The van der Waals surface area contributed by atoms with E-state index < -0.39 is 54.6 Å². The van der Waals surface area contributed by atoms with Crippen LogP contribution in [-0.2, 0) is 0 Å². The third-order valence-electron chi connectivity index (χ3n) is 3.88. The summed E-state index contributed by atoms with van der Waals surface area (Å²) in [6.07, 6.45) is -10.5. The van der Waals surface area contributed by atoms with Crippen LogP contribution in [0.4, 0.5) is 65.9 Å². The summed E-state index contributed by atoms with van der Waals surface area (Å²) in [7, 11) is 0. The Labute approximate surface area is 154 Å². The van der Waals surface area contributed by atoms with Crippen LogP contribution < -0.4 is 0 Å². The first-order chi connectivity index (χ1) is 12.6. The molecule has 0 fully saturated rings. The van der Waals surface area contributed by atoms with E-state index in [-0.39, 0.29) is 25.7 Å². The molecule has 0 rings (SSSR count). The minimum atomic E-state index is -8.21. The fraction of sp³-hybridized carbons (Fsp3) is 0.929. The summed E-state index contributed by atoms with van der Waals surface area (Å²) >= 11 is 0. The number of hydrogen-bond donors (Lipinski definition) is 0. The van der Waals surface area contributed by atoms with Gasteiger partial charge in [-0.25, -0.2) is 0 Å². The lowest BCUT2D eigenvalue weighted by atomic mass is 9.89. The Bertz CT molecular complexity index is 532. The van der Waals surface area contributed by atoms with Gasteiger partial charge in [-0.1, -0.05) is 32.6 Å². The molecule has 0 N–H and O–H groups in total. The molecule has 0 aliphatic heterocycles. The van der Waals surface area contributed by atoms with E-state index in [0.717, 1.165) is 0 Å². The Hall–Kier alpha value is -1.05. The van der Waals surface area contributed by atoms with Crippen LogP contribution in [0.15, 0.2) is 0 Å². The van der Waals surface area contributed by atoms with Gasteiger partial charge in [-0.2, -0.15) is 65.9 Å². The maximum absolute atomic E-state index is 13.4. The van der Waals surface area contributed by atoms with Crippen molar-refractivity contribution in [1.82, 2.24) is 0 Å². The van der Waals surface area contributed by atoms with Gasteiger partial charge in [0, 0.05) is 6.42 Å². The molecule has 0 saturated carbocycles. The zero-order chi connectivity index (χ0) is 23.7. The maximum atomic E-state index is 13.4. The van der Waals surface area contributed by atoms with Gasteiger partial charge in [0.1, 0.15) is 0 Å². The minimum Gasteiger partial charge on any atom is -0.200 e. The van der Waals surface area contributed by atoms with Gasteiger partial charge in [-0.15, -0.1) is 0 Å². The number of halogens is 15. The molecule has 0 aliphatic carbocycles. The SMILES string of the molecule is [CH2]CCCCCCC(F)(F)C(F)(F)C(F)(F)C(F)(F)C(F)(F)C(F)(F)C(F)(F)F. The van der Waals surface area contributed by atoms with Gasteiger partial charge in [0.15, 0.2) is 0 Å². The number of hydrogen-bond acceptors (Lipinski definition) is 0. The van der Waals surface area contributed by atoms with Gasteiger partial charge >= 0.3 is 41.7 Å². The highest BCUT2D eigenvalue weighted by Crippen LogP contribution is 2.62. The molecule has 0 aliphatic rings. The monoisotopic (exact) mass is 467 g/mol. The predicted octanol–water partition coefficient (Wildman–Crippen LogP) is 7.54. The van der Waals surface area contributed by atoms with Crippen molar-refractivity contribution < 1.29 is 65.9 Å². The van der Waals surface area contributed by atoms with E-state index in [0.29, 0.717) is 0 Å². The van der Waals surface area contributed by atoms with E-state index in [4.69, 9.17) is 0 Å². The highest BCUT2D eigenvalue weighted by atomic mass is 19.4. The molecule has 0 atom stereocenters. The molecule has 1 radical (unpaired) electrons. The molecule has 0 aromatic carbocycles. The van der Waals surface area contributed by atoms with Gasteiger partial charge in [0.2, 0.25) is 0 Å². The molecule has 0 bridgehead atoms. The summed E-state index contributed by atoms with van der Waals surface area (Å²) in [5, 5.41) is 0. The summed E-state index contributed by atoms with van der Waals surface area (Å²) < 4.78 is 194. The molecule has 0 unspecified atom stereocenters. The molecule has 0 aromatic rings. The first kappa shape index (κ1) is 27.9. The van der Waals surface area contributed by atoms with Crippen molar-refractivity contribution in [3.8, 4) is 0 Å². The predicted molar refractivity (Wildman–Crippen MR) is 68.8 cm³/mol. The Morgan fingerprint density at radius 2 is 0.759 bits per heavy atom. The second-order valence-electron chi connectivity index (χ2n) is 6.09. The fourth-order valence-electron chi connectivity index (χ4n) is 2.03. The quantitative estimate of drug-likeness (QED) is 0.218. The lowest BCUT2D eigenvalue weighted by Gasteiger charge is -2.41. The van der Waals surface area contributed by atoms with Crippen molar-refractivity contribution in [3.05, 3.63) is 6.92 Å². The summed E-state index contributed by atoms with van der Waals surface area (Å²) in [4.78, 5) is 0. The molecule has 0 saturated heterocycles. The first-order valence-electron chi connectivity index (χ1n) is 7.69. The molecule has 0 heterocycles. The summed E-state index contributed by atoms with van der Waals surface area (Å²) in [6.45, 7) is 3.33. The van der Waals surface area contributed by atoms with Gasteiger partial charge < -0.3 is 0 Å². The van der Waals surface area contributed by atoms with Gasteiger partial charge in [0.25, 0.3) is 0 Å². The highest BCUT2D eigenvalue weighted by molar-refractivity contribution is 5.12. The standard InChI is InChI=1S/C14H14F15/c1-2-3-4-5-6-7-8(15,16)9(17,18)10(19,20)11(21,22)12(23,24)13(25,26)14(27,28)29/h1-7H2. The molecular formula is C14H14F15. The second-order valence-corrected chi connectivity index (χ2v) is 6.09. The smallest absolute Gasteiger partial charge is 0.200 e. The lowest BCUT2D eigenvalue weighted by molar-refractivity contribution is -0.452. The number of rotatable bonds is 11. The maximum Gasteiger partial charge on any atom is 0.460 e. The number of alkyl halides is 15. The second kappa shape index (κ2) is 8.23. The summed E-state index contributed by atoms with van der Waals surface area (Å²) in [6, 6.07) is 0. The molecule has 15 heteroatoms. The normalized spacial score (nSPS) is 15.7. The summed E-state index contributed by atoms with van der Waals surface area (Å²) in [5.41, 5.74) is 0. The van der Waals surface area contributed by atoms with Crippen molar-refractivity contribution in [3.63, 3.8) is 0 Å². The Kier molecular flexibility index (Phi) is 7.93. The van der Waals surface area contributed by atoms with Crippen molar-refractivity contribution in [1.29, 1.82) is 0 Å². The zero-order valence-corrected chi connectivity index (χ0v) is 14.1. The van der Waals surface area contributed by atoms with Gasteiger partial charge in [-0.3, -0.25) is 0 Å².